The fourth-order valence-corrected chi connectivity index (χ4v) is 3.88. The minimum atomic E-state index is 0.244. The van der Waals surface area contributed by atoms with Crippen molar-refractivity contribution in [2.75, 3.05) is 0 Å². The summed E-state index contributed by atoms with van der Waals surface area (Å²) in [5, 5.41) is 10.3. The smallest absolute Gasteiger partial charge is 0.210 e. The van der Waals surface area contributed by atoms with Crippen LogP contribution in [0.15, 0.2) is 23.2 Å². The highest BCUT2D eigenvalue weighted by molar-refractivity contribution is 7.73. The highest BCUT2D eigenvalue weighted by Gasteiger charge is 2.19. The van der Waals surface area contributed by atoms with Gasteiger partial charge in [-0.15, -0.1) is 11.3 Å². The monoisotopic (exact) mass is 316 g/mol. The third-order valence-electron chi connectivity index (χ3n) is 3.61. The second-order valence-electron chi connectivity index (χ2n) is 5.08. The van der Waals surface area contributed by atoms with Crippen molar-refractivity contribution in [1.82, 2.24) is 4.57 Å². The molecule has 3 nitrogen and oxygen atoms in total. The number of aliphatic imine (C=N–C) groups is 1. The Morgan fingerprint density at radius 1 is 1.38 bits per heavy atom. The third-order valence-corrected chi connectivity index (χ3v) is 4.99. The molecule has 108 valence electrons. The maximum atomic E-state index is 10.3. The van der Waals surface area contributed by atoms with E-state index in [1.807, 2.05) is 26.0 Å². The molecule has 0 fully saturated rings. The van der Waals surface area contributed by atoms with Crippen LogP contribution < -0.4 is 0 Å². The largest absolute Gasteiger partial charge is 0.493 e. The van der Waals surface area contributed by atoms with Crippen LogP contribution in [0.3, 0.4) is 0 Å². The molecule has 21 heavy (non-hydrogen) atoms. The van der Waals surface area contributed by atoms with Gasteiger partial charge < -0.3 is 5.11 Å². The first-order valence-electron chi connectivity index (χ1n) is 6.82. The van der Waals surface area contributed by atoms with Gasteiger partial charge >= 0.3 is 0 Å². The standard InChI is InChI=1S/C16H16N2OS2/c1-4-18-15(19)14(21-16(18)20)8-11-10(3)17-13-6-5-9(2)7-12(11)13/h5-8,19H,4H2,1-3H3/b11-8+. The number of aromatic nitrogens is 1. The number of hydrogen-bond acceptors (Lipinski definition) is 4. The van der Waals surface area contributed by atoms with Gasteiger partial charge in [-0.2, -0.15) is 0 Å². The molecule has 0 aliphatic carbocycles. The summed E-state index contributed by atoms with van der Waals surface area (Å²) in [5.41, 5.74) is 5.34. The molecule has 5 heteroatoms. The van der Waals surface area contributed by atoms with Crippen molar-refractivity contribution in [3.05, 3.63) is 38.2 Å². The predicted octanol–water partition coefficient (Wildman–Crippen LogP) is 4.96. The van der Waals surface area contributed by atoms with Crippen LogP contribution in [0.5, 0.6) is 5.88 Å². The topological polar surface area (TPSA) is 37.5 Å². The lowest BCUT2D eigenvalue weighted by atomic mass is 10.0. The first-order valence-corrected chi connectivity index (χ1v) is 8.04. The molecule has 0 atom stereocenters. The highest BCUT2D eigenvalue weighted by Crippen LogP contribution is 2.38. The number of aryl methyl sites for hydroxylation is 1. The predicted molar refractivity (Wildman–Crippen MR) is 92.3 cm³/mol. The molecule has 2 aromatic rings. The van der Waals surface area contributed by atoms with Gasteiger partial charge in [-0.1, -0.05) is 11.6 Å². The Bertz CT molecular complexity index is 840. The van der Waals surface area contributed by atoms with E-state index in [9.17, 15) is 5.11 Å². The molecule has 2 heterocycles. The molecule has 0 amide bonds. The Kier molecular flexibility index (Phi) is 3.55. The summed E-state index contributed by atoms with van der Waals surface area (Å²) in [7, 11) is 0. The van der Waals surface area contributed by atoms with Crippen molar-refractivity contribution in [3.63, 3.8) is 0 Å². The first-order chi connectivity index (χ1) is 10.0. The summed E-state index contributed by atoms with van der Waals surface area (Å²) in [4.78, 5) is 5.38. The van der Waals surface area contributed by atoms with Crippen LogP contribution in [-0.4, -0.2) is 15.4 Å². The van der Waals surface area contributed by atoms with E-state index >= 15 is 0 Å². The molecule has 3 rings (SSSR count). The molecule has 1 aromatic heterocycles. The number of aromatic hydroxyl groups is 1. The minimum absolute atomic E-state index is 0.244. The molecule has 1 aliphatic rings. The average molecular weight is 316 g/mol. The number of hydrogen-bond donors (Lipinski definition) is 1. The lowest BCUT2D eigenvalue weighted by molar-refractivity contribution is 0.419. The summed E-state index contributed by atoms with van der Waals surface area (Å²) in [6.45, 7) is 6.71. The van der Waals surface area contributed by atoms with Crippen molar-refractivity contribution in [1.29, 1.82) is 0 Å². The normalized spacial score (nSPS) is 15.4. The average Bonchev–Trinajstić information content (AvgIpc) is 2.88. The van der Waals surface area contributed by atoms with Crippen molar-refractivity contribution < 1.29 is 5.11 Å². The Balaban J connectivity index is 2.16. The Hall–Kier alpha value is -1.72. The van der Waals surface area contributed by atoms with Gasteiger partial charge in [0.1, 0.15) is 0 Å². The molecule has 0 saturated carbocycles. The molecule has 0 bridgehead atoms. The van der Waals surface area contributed by atoms with Gasteiger partial charge in [0.15, 0.2) is 3.95 Å². The van der Waals surface area contributed by atoms with Gasteiger partial charge in [0.25, 0.3) is 0 Å². The zero-order valence-corrected chi connectivity index (χ0v) is 13.8. The summed E-state index contributed by atoms with van der Waals surface area (Å²) < 4.78 is 2.43. The number of benzene rings is 1. The number of allylic oxidation sites excluding steroid dienone is 1. The van der Waals surface area contributed by atoms with E-state index in [0.717, 1.165) is 27.4 Å². The van der Waals surface area contributed by atoms with Crippen LogP contribution in [-0.2, 0) is 6.54 Å². The van der Waals surface area contributed by atoms with Crippen LogP contribution in [0.25, 0.3) is 11.6 Å². The van der Waals surface area contributed by atoms with Gasteiger partial charge in [-0.05, 0) is 51.2 Å². The van der Waals surface area contributed by atoms with Crippen molar-refractivity contribution >= 4 is 46.6 Å². The maximum Gasteiger partial charge on any atom is 0.210 e. The fraction of sp³-hybridized carbons (Fsp3) is 0.250. The second kappa shape index (κ2) is 5.24. The van der Waals surface area contributed by atoms with E-state index in [1.54, 1.807) is 4.57 Å². The SMILES string of the molecule is CCn1c(O)c(/C=C2\C(C)=Nc3ccc(C)cc32)sc1=S. The van der Waals surface area contributed by atoms with Crippen LogP contribution in [0.1, 0.15) is 29.9 Å². The number of nitrogens with zero attached hydrogens (tertiary/aromatic N) is 2. The van der Waals surface area contributed by atoms with Gasteiger partial charge in [0.05, 0.1) is 10.6 Å². The van der Waals surface area contributed by atoms with E-state index in [0.29, 0.717) is 10.5 Å². The maximum absolute atomic E-state index is 10.3. The summed E-state index contributed by atoms with van der Waals surface area (Å²) >= 11 is 6.72. The Morgan fingerprint density at radius 3 is 2.81 bits per heavy atom. The van der Waals surface area contributed by atoms with E-state index < -0.39 is 0 Å². The van der Waals surface area contributed by atoms with Crippen LogP contribution >= 0.6 is 23.6 Å². The summed E-state index contributed by atoms with van der Waals surface area (Å²) in [6, 6.07) is 6.23. The zero-order valence-electron chi connectivity index (χ0n) is 12.2. The van der Waals surface area contributed by atoms with E-state index in [4.69, 9.17) is 12.2 Å². The van der Waals surface area contributed by atoms with E-state index in [1.165, 1.54) is 16.9 Å². The first kappa shape index (κ1) is 14.2. The number of fused-ring (bicyclic) bond motifs is 1. The van der Waals surface area contributed by atoms with Gasteiger partial charge in [0, 0.05) is 23.4 Å². The second-order valence-corrected chi connectivity index (χ2v) is 6.75. The fourth-order valence-electron chi connectivity index (χ4n) is 2.50. The van der Waals surface area contributed by atoms with E-state index in [-0.39, 0.29) is 5.88 Å². The lowest BCUT2D eigenvalue weighted by Gasteiger charge is -2.03. The quantitative estimate of drug-likeness (QED) is 0.795. The molecule has 0 radical (unpaired) electrons. The zero-order chi connectivity index (χ0) is 15.1. The van der Waals surface area contributed by atoms with Crippen LogP contribution in [0.4, 0.5) is 5.69 Å². The summed E-state index contributed by atoms with van der Waals surface area (Å²) in [5.74, 6) is 0.244. The summed E-state index contributed by atoms with van der Waals surface area (Å²) in [6.07, 6.45) is 1.99. The van der Waals surface area contributed by atoms with Crippen LogP contribution in [0, 0.1) is 10.9 Å². The van der Waals surface area contributed by atoms with Crippen molar-refractivity contribution in [2.24, 2.45) is 4.99 Å². The number of rotatable bonds is 2. The lowest BCUT2D eigenvalue weighted by Crippen LogP contribution is -1.93. The van der Waals surface area contributed by atoms with Crippen molar-refractivity contribution in [2.45, 2.75) is 27.3 Å². The van der Waals surface area contributed by atoms with Gasteiger partial charge in [-0.3, -0.25) is 9.56 Å². The molecule has 0 saturated heterocycles. The third kappa shape index (κ3) is 2.36. The Labute approximate surface area is 132 Å². The molecule has 1 aliphatic heterocycles. The van der Waals surface area contributed by atoms with Gasteiger partial charge in [0.2, 0.25) is 5.88 Å². The minimum Gasteiger partial charge on any atom is -0.493 e. The van der Waals surface area contributed by atoms with Crippen LogP contribution in [0.2, 0.25) is 0 Å². The van der Waals surface area contributed by atoms with Crippen molar-refractivity contribution in [3.8, 4) is 5.88 Å². The molecular formula is C16H16N2OS2. The molecule has 0 unspecified atom stereocenters. The molecular weight excluding hydrogens is 300 g/mol. The molecule has 1 aromatic carbocycles. The highest BCUT2D eigenvalue weighted by atomic mass is 32.1. The number of thiazole rings is 1. The molecule has 0 spiro atoms. The molecule has 1 N–H and O–H groups in total. The van der Waals surface area contributed by atoms with Gasteiger partial charge in [-0.25, -0.2) is 0 Å². The Morgan fingerprint density at radius 2 is 2.14 bits per heavy atom. The van der Waals surface area contributed by atoms with E-state index in [2.05, 4.69) is 24.0 Å².